The molecular formula is C18H28BrNO3. The van der Waals surface area contributed by atoms with Crippen molar-refractivity contribution in [3.05, 3.63) is 28.2 Å². The van der Waals surface area contributed by atoms with E-state index in [0.29, 0.717) is 12.5 Å². The molecule has 0 bridgehead atoms. The summed E-state index contributed by atoms with van der Waals surface area (Å²) >= 11 is 3.44. The highest BCUT2D eigenvalue weighted by atomic mass is 79.9. The van der Waals surface area contributed by atoms with E-state index in [1.807, 2.05) is 45.9 Å². The molecule has 1 unspecified atom stereocenters. The number of carbonyl (C=O) groups excluding carboxylic acids is 1. The fourth-order valence-electron chi connectivity index (χ4n) is 2.18. The van der Waals surface area contributed by atoms with Crippen LogP contribution < -0.4 is 10.1 Å². The van der Waals surface area contributed by atoms with E-state index in [-0.39, 0.29) is 6.04 Å². The molecule has 0 aliphatic rings. The van der Waals surface area contributed by atoms with Gasteiger partial charge in [0.2, 0.25) is 0 Å². The summed E-state index contributed by atoms with van der Waals surface area (Å²) in [6.07, 6.45) is 0.425. The molecule has 0 heterocycles. The first kappa shape index (κ1) is 19.8. The molecule has 0 spiro atoms. The number of hydrogen-bond donors (Lipinski definition) is 1. The van der Waals surface area contributed by atoms with E-state index in [2.05, 4.69) is 35.1 Å². The zero-order valence-corrected chi connectivity index (χ0v) is 16.5. The van der Waals surface area contributed by atoms with Crippen LogP contribution >= 0.6 is 15.9 Å². The molecule has 0 aliphatic carbocycles. The summed E-state index contributed by atoms with van der Waals surface area (Å²) in [5.41, 5.74) is 0.551. The Labute approximate surface area is 148 Å². The Bertz CT molecular complexity index is 523. The van der Waals surface area contributed by atoms with Crippen LogP contribution in [0.2, 0.25) is 0 Å². The minimum absolute atomic E-state index is 0.0899. The van der Waals surface area contributed by atoms with Crippen molar-refractivity contribution in [2.24, 2.45) is 5.92 Å². The summed E-state index contributed by atoms with van der Waals surface area (Å²) < 4.78 is 12.2. The molecule has 0 aromatic heterocycles. The summed E-state index contributed by atoms with van der Waals surface area (Å²) in [7, 11) is 0. The predicted molar refractivity (Wildman–Crippen MR) is 97.0 cm³/mol. The van der Waals surface area contributed by atoms with Gasteiger partial charge in [0.25, 0.3) is 0 Å². The lowest BCUT2D eigenvalue weighted by Gasteiger charge is -2.25. The van der Waals surface area contributed by atoms with Crippen LogP contribution in [-0.2, 0) is 4.74 Å². The number of rotatable bonds is 6. The smallest absolute Gasteiger partial charge is 0.407 e. The van der Waals surface area contributed by atoms with Crippen molar-refractivity contribution in [3.8, 4) is 5.75 Å². The molecule has 0 saturated carbocycles. The third kappa shape index (κ3) is 8.26. The van der Waals surface area contributed by atoms with Gasteiger partial charge in [0.1, 0.15) is 18.0 Å². The monoisotopic (exact) mass is 385 g/mol. The Balaban J connectivity index is 2.65. The maximum atomic E-state index is 12.0. The maximum Gasteiger partial charge on any atom is 0.407 e. The summed E-state index contributed by atoms with van der Waals surface area (Å²) in [6, 6.07) is 5.79. The van der Waals surface area contributed by atoms with Gasteiger partial charge in [0.05, 0.1) is 6.04 Å². The largest absolute Gasteiger partial charge is 0.491 e. The zero-order valence-electron chi connectivity index (χ0n) is 14.9. The van der Waals surface area contributed by atoms with Crippen LogP contribution in [0.4, 0.5) is 4.79 Å². The number of carbonyl (C=O) groups is 1. The molecule has 0 fully saturated rings. The van der Waals surface area contributed by atoms with Crippen LogP contribution in [0, 0.1) is 12.8 Å². The summed E-state index contributed by atoms with van der Waals surface area (Å²) in [5.74, 6) is 1.28. The Hall–Kier alpha value is -1.23. The fourth-order valence-corrected chi connectivity index (χ4v) is 2.65. The predicted octanol–water partition coefficient (Wildman–Crippen LogP) is 5.08. The second-order valence-corrected chi connectivity index (χ2v) is 8.11. The number of benzene rings is 1. The van der Waals surface area contributed by atoms with E-state index >= 15 is 0 Å². The highest BCUT2D eigenvalue weighted by molar-refractivity contribution is 9.10. The van der Waals surface area contributed by atoms with E-state index in [4.69, 9.17) is 9.47 Å². The highest BCUT2D eigenvalue weighted by Crippen LogP contribution is 2.22. The van der Waals surface area contributed by atoms with Crippen molar-refractivity contribution in [2.45, 2.75) is 59.6 Å². The van der Waals surface area contributed by atoms with Crippen molar-refractivity contribution >= 4 is 22.0 Å². The molecule has 0 radical (unpaired) electrons. The number of nitrogens with one attached hydrogen (secondary N) is 1. The van der Waals surface area contributed by atoms with E-state index in [9.17, 15) is 4.79 Å². The Morgan fingerprint density at radius 2 is 1.96 bits per heavy atom. The molecule has 1 aromatic carbocycles. The van der Waals surface area contributed by atoms with Crippen LogP contribution in [0.15, 0.2) is 22.7 Å². The second-order valence-electron chi connectivity index (χ2n) is 7.19. The quantitative estimate of drug-likeness (QED) is 0.742. The van der Waals surface area contributed by atoms with Crippen LogP contribution in [-0.4, -0.2) is 24.3 Å². The van der Waals surface area contributed by atoms with E-state index < -0.39 is 11.7 Å². The Kier molecular flexibility index (Phi) is 7.39. The molecule has 5 heteroatoms. The lowest BCUT2D eigenvalue weighted by atomic mass is 10.0. The number of alkyl carbamates (subject to hydrolysis) is 1. The van der Waals surface area contributed by atoms with Gasteiger partial charge in [-0.25, -0.2) is 4.79 Å². The standard InChI is InChI=1S/C18H28BrNO3/c1-12(2)9-15(20-17(21)23-18(4,5)6)11-22-16-8-7-14(19)10-13(16)3/h7-8,10,12,15H,9,11H2,1-6H3,(H,20,21). The topological polar surface area (TPSA) is 47.6 Å². The molecule has 4 nitrogen and oxygen atoms in total. The van der Waals surface area contributed by atoms with Crippen molar-refractivity contribution in [1.29, 1.82) is 0 Å². The SMILES string of the molecule is Cc1cc(Br)ccc1OCC(CC(C)C)NC(=O)OC(C)(C)C. The van der Waals surface area contributed by atoms with Gasteiger partial charge in [0, 0.05) is 4.47 Å². The minimum Gasteiger partial charge on any atom is -0.491 e. The van der Waals surface area contributed by atoms with Crippen LogP contribution in [0.3, 0.4) is 0 Å². The third-order valence-corrected chi connectivity index (χ3v) is 3.55. The Morgan fingerprint density at radius 1 is 1.30 bits per heavy atom. The third-order valence-electron chi connectivity index (χ3n) is 3.05. The van der Waals surface area contributed by atoms with Crippen LogP contribution in [0.5, 0.6) is 5.75 Å². The highest BCUT2D eigenvalue weighted by Gasteiger charge is 2.20. The molecule has 0 aliphatic heterocycles. The van der Waals surface area contributed by atoms with Crippen molar-refractivity contribution in [3.63, 3.8) is 0 Å². The first-order valence-corrected chi connectivity index (χ1v) is 8.74. The zero-order chi connectivity index (χ0) is 17.6. The van der Waals surface area contributed by atoms with E-state index in [1.54, 1.807) is 0 Å². The molecule has 1 amide bonds. The number of halogens is 1. The van der Waals surface area contributed by atoms with Gasteiger partial charge in [0.15, 0.2) is 0 Å². The number of aryl methyl sites for hydroxylation is 1. The molecule has 1 N–H and O–H groups in total. The van der Waals surface area contributed by atoms with Gasteiger partial charge in [-0.05, 0) is 63.8 Å². The first-order chi connectivity index (χ1) is 10.6. The molecule has 0 saturated heterocycles. The first-order valence-electron chi connectivity index (χ1n) is 7.95. The van der Waals surface area contributed by atoms with Crippen molar-refractivity contribution < 1.29 is 14.3 Å². The van der Waals surface area contributed by atoms with Gasteiger partial charge in [-0.3, -0.25) is 0 Å². The second kappa shape index (κ2) is 8.57. The summed E-state index contributed by atoms with van der Waals surface area (Å²) in [4.78, 5) is 12.0. The average Bonchev–Trinajstić information content (AvgIpc) is 2.34. The van der Waals surface area contributed by atoms with Gasteiger partial charge < -0.3 is 14.8 Å². The van der Waals surface area contributed by atoms with Crippen LogP contribution in [0.25, 0.3) is 0 Å². The van der Waals surface area contributed by atoms with E-state index in [1.165, 1.54) is 0 Å². The van der Waals surface area contributed by atoms with Gasteiger partial charge in [-0.2, -0.15) is 0 Å². The summed E-state index contributed by atoms with van der Waals surface area (Å²) in [6.45, 7) is 12.2. The van der Waals surface area contributed by atoms with Gasteiger partial charge in [-0.15, -0.1) is 0 Å². The molecular weight excluding hydrogens is 358 g/mol. The molecule has 1 aromatic rings. The lowest BCUT2D eigenvalue weighted by molar-refractivity contribution is 0.0480. The molecule has 130 valence electrons. The maximum absolute atomic E-state index is 12.0. The number of amides is 1. The van der Waals surface area contributed by atoms with Crippen LogP contribution in [0.1, 0.15) is 46.6 Å². The minimum atomic E-state index is -0.504. The van der Waals surface area contributed by atoms with Crippen molar-refractivity contribution in [2.75, 3.05) is 6.61 Å². The summed E-state index contributed by atoms with van der Waals surface area (Å²) in [5, 5.41) is 2.91. The average molecular weight is 386 g/mol. The Morgan fingerprint density at radius 3 is 2.48 bits per heavy atom. The normalized spacial score (nSPS) is 12.9. The van der Waals surface area contributed by atoms with Gasteiger partial charge >= 0.3 is 6.09 Å². The fraction of sp³-hybridized carbons (Fsp3) is 0.611. The molecule has 23 heavy (non-hydrogen) atoms. The van der Waals surface area contributed by atoms with E-state index in [0.717, 1.165) is 22.2 Å². The number of ether oxygens (including phenoxy) is 2. The van der Waals surface area contributed by atoms with Crippen molar-refractivity contribution in [1.82, 2.24) is 5.32 Å². The molecule has 1 rings (SSSR count). The lowest BCUT2D eigenvalue weighted by Crippen LogP contribution is -2.42. The molecule has 1 atom stereocenters. The number of hydrogen-bond acceptors (Lipinski definition) is 3. The van der Waals surface area contributed by atoms with Gasteiger partial charge in [-0.1, -0.05) is 29.8 Å².